The molecule has 200 valence electrons. The van der Waals surface area contributed by atoms with Crippen LogP contribution in [0.1, 0.15) is 10.4 Å². The van der Waals surface area contributed by atoms with Crippen molar-refractivity contribution in [1.82, 2.24) is 24.8 Å². The van der Waals surface area contributed by atoms with Gasteiger partial charge in [0, 0.05) is 38.4 Å². The maximum absolute atomic E-state index is 13.9. The van der Waals surface area contributed by atoms with Crippen molar-refractivity contribution >= 4 is 23.3 Å². The van der Waals surface area contributed by atoms with Crippen LogP contribution in [-0.4, -0.2) is 82.7 Å². The van der Waals surface area contributed by atoms with E-state index in [0.717, 1.165) is 31.3 Å². The average Bonchev–Trinajstić information content (AvgIpc) is 2.85. The van der Waals surface area contributed by atoms with Crippen LogP contribution < -0.4 is 15.4 Å². The minimum atomic E-state index is -4.96. The van der Waals surface area contributed by atoms with E-state index >= 15 is 0 Å². The quantitative estimate of drug-likeness (QED) is 0.352. The summed E-state index contributed by atoms with van der Waals surface area (Å²) >= 11 is 0. The number of hydrogen-bond donors (Lipinski definition) is 2. The van der Waals surface area contributed by atoms with Gasteiger partial charge in [-0.3, -0.25) is 19.5 Å². The van der Waals surface area contributed by atoms with Gasteiger partial charge in [-0.25, -0.2) is 9.97 Å². The summed E-state index contributed by atoms with van der Waals surface area (Å²) in [7, 11) is 1.96. The molecule has 2 amide bonds. The highest BCUT2D eigenvalue weighted by Crippen LogP contribution is 2.28. The fourth-order valence-corrected chi connectivity index (χ4v) is 3.71. The van der Waals surface area contributed by atoms with Crippen molar-refractivity contribution in [3.05, 3.63) is 60.4 Å². The maximum atomic E-state index is 13.9. The summed E-state index contributed by atoms with van der Waals surface area (Å²) in [4.78, 5) is 41.3. The molecule has 14 heteroatoms. The van der Waals surface area contributed by atoms with Crippen molar-refractivity contribution < 1.29 is 31.9 Å². The van der Waals surface area contributed by atoms with Crippen LogP contribution in [0.4, 0.5) is 29.1 Å². The summed E-state index contributed by atoms with van der Waals surface area (Å²) in [5, 5.41) is 4.98. The van der Waals surface area contributed by atoms with E-state index in [2.05, 4.69) is 35.2 Å². The number of nitrogens with zero attached hydrogens (tertiary/aromatic N) is 5. The Hall–Kier alpha value is -4.17. The van der Waals surface area contributed by atoms with Crippen LogP contribution in [0.25, 0.3) is 11.3 Å². The number of pyridine rings is 1. The SMILES string of the molecule is CN1CCN(CC(=O)Nc2cc(OC(F)(F)F)ccc2C(=O)Nc2cnc(-c3cccnc3F)cn2)CC1. The van der Waals surface area contributed by atoms with Gasteiger partial charge >= 0.3 is 6.36 Å². The van der Waals surface area contributed by atoms with E-state index in [-0.39, 0.29) is 34.9 Å². The van der Waals surface area contributed by atoms with Crippen LogP contribution >= 0.6 is 0 Å². The van der Waals surface area contributed by atoms with Gasteiger partial charge in [0.1, 0.15) is 5.75 Å². The van der Waals surface area contributed by atoms with Crippen LogP contribution in [0.3, 0.4) is 0 Å². The summed E-state index contributed by atoms with van der Waals surface area (Å²) in [6.07, 6.45) is -1.26. The zero-order valence-electron chi connectivity index (χ0n) is 20.1. The van der Waals surface area contributed by atoms with E-state index < -0.39 is 29.9 Å². The van der Waals surface area contributed by atoms with E-state index in [0.29, 0.717) is 13.1 Å². The fourth-order valence-electron chi connectivity index (χ4n) is 3.71. The van der Waals surface area contributed by atoms with E-state index in [1.54, 1.807) is 0 Å². The van der Waals surface area contributed by atoms with Crippen molar-refractivity contribution in [2.45, 2.75) is 6.36 Å². The molecule has 1 aliphatic rings. The number of amides is 2. The summed E-state index contributed by atoms with van der Waals surface area (Å²) < 4.78 is 56.1. The van der Waals surface area contributed by atoms with E-state index in [4.69, 9.17) is 0 Å². The van der Waals surface area contributed by atoms with Gasteiger partial charge in [0.05, 0.1) is 41.4 Å². The Kier molecular flexibility index (Phi) is 8.12. The average molecular weight is 533 g/mol. The lowest BCUT2D eigenvalue weighted by Crippen LogP contribution is -2.47. The number of nitrogens with one attached hydrogen (secondary N) is 2. The number of aromatic nitrogens is 3. The zero-order chi connectivity index (χ0) is 27.3. The molecule has 1 aliphatic heterocycles. The molecule has 0 bridgehead atoms. The standard InChI is InChI=1S/C24H23F4N7O3/c1-34-7-9-35(10-8-34)14-21(36)32-18-11-15(38-24(26,27)28)4-5-17(18)23(37)33-20-13-30-19(12-31-20)16-3-2-6-29-22(16)25/h2-6,11-13H,7-10,14H2,1H3,(H,32,36)(H,31,33,37). The third-order valence-corrected chi connectivity index (χ3v) is 5.63. The zero-order valence-corrected chi connectivity index (χ0v) is 20.1. The highest BCUT2D eigenvalue weighted by atomic mass is 19.4. The van der Waals surface area contributed by atoms with Gasteiger partial charge in [-0.15, -0.1) is 13.2 Å². The Bertz CT molecular complexity index is 1300. The van der Waals surface area contributed by atoms with Crippen molar-refractivity contribution in [3.8, 4) is 17.0 Å². The summed E-state index contributed by atoms with van der Waals surface area (Å²) in [6, 6.07) is 5.96. The van der Waals surface area contributed by atoms with Crippen LogP contribution in [0.5, 0.6) is 5.75 Å². The lowest BCUT2D eigenvalue weighted by atomic mass is 10.1. The molecule has 0 radical (unpaired) electrons. The summed E-state index contributed by atoms with van der Waals surface area (Å²) in [5.74, 6) is -2.62. The number of piperazine rings is 1. The smallest absolute Gasteiger partial charge is 0.406 e. The van der Waals surface area contributed by atoms with Gasteiger partial charge in [-0.05, 0) is 31.3 Å². The molecule has 0 spiro atoms. The van der Waals surface area contributed by atoms with Crippen molar-refractivity contribution in [2.24, 2.45) is 0 Å². The van der Waals surface area contributed by atoms with E-state index in [9.17, 15) is 27.2 Å². The number of hydrogen-bond acceptors (Lipinski definition) is 8. The summed E-state index contributed by atoms with van der Waals surface area (Å²) in [6.45, 7) is 2.82. The Balaban J connectivity index is 1.51. The first kappa shape index (κ1) is 26.9. The molecule has 1 fully saturated rings. The molecule has 1 aromatic carbocycles. The molecule has 38 heavy (non-hydrogen) atoms. The van der Waals surface area contributed by atoms with E-state index in [1.165, 1.54) is 30.7 Å². The number of likely N-dealkylation sites (N-methyl/N-ethyl adjacent to an activating group) is 1. The first-order chi connectivity index (χ1) is 18.1. The first-order valence-corrected chi connectivity index (χ1v) is 11.4. The molecule has 2 aromatic heterocycles. The van der Waals surface area contributed by atoms with Crippen molar-refractivity contribution in [3.63, 3.8) is 0 Å². The number of rotatable bonds is 7. The van der Waals surface area contributed by atoms with Gasteiger partial charge in [0.15, 0.2) is 5.82 Å². The Morgan fingerprint density at radius 2 is 1.79 bits per heavy atom. The lowest BCUT2D eigenvalue weighted by molar-refractivity contribution is -0.274. The Labute approximate surface area is 214 Å². The Morgan fingerprint density at radius 3 is 2.45 bits per heavy atom. The number of anilines is 2. The van der Waals surface area contributed by atoms with Crippen LogP contribution in [0.2, 0.25) is 0 Å². The first-order valence-electron chi connectivity index (χ1n) is 11.4. The third kappa shape index (κ3) is 7.20. The highest BCUT2D eigenvalue weighted by molar-refractivity contribution is 6.10. The maximum Gasteiger partial charge on any atom is 0.573 e. The molecule has 0 aliphatic carbocycles. The number of ether oxygens (including phenoxy) is 1. The normalized spacial score (nSPS) is 14.7. The van der Waals surface area contributed by atoms with Gasteiger partial charge in [0.25, 0.3) is 5.91 Å². The second-order valence-electron chi connectivity index (χ2n) is 8.47. The predicted octanol–water partition coefficient (Wildman–Crippen LogP) is 3.01. The molecular formula is C24H23F4N7O3. The monoisotopic (exact) mass is 533 g/mol. The Morgan fingerprint density at radius 1 is 1.03 bits per heavy atom. The molecule has 0 unspecified atom stereocenters. The molecule has 3 heterocycles. The molecule has 0 atom stereocenters. The predicted molar refractivity (Wildman–Crippen MR) is 129 cm³/mol. The molecule has 1 saturated heterocycles. The van der Waals surface area contributed by atoms with Crippen LogP contribution in [0.15, 0.2) is 48.9 Å². The van der Waals surface area contributed by atoms with Crippen molar-refractivity contribution in [2.75, 3.05) is 50.4 Å². The molecule has 4 rings (SSSR count). The number of carbonyl (C=O) groups is 2. The number of alkyl halides is 3. The molecule has 3 aromatic rings. The largest absolute Gasteiger partial charge is 0.573 e. The van der Waals surface area contributed by atoms with Gasteiger partial charge in [-0.2, -0.15) is 4.39 Å². The van der Waals surface area contributed by atoms with Crippen molar-refractivity contribution in [1.29, 1.82) is 0 Å². The van der Waals surface area contributed by atoms with Gasteiger partial charge in [-0.1, -0.05) is 0 Å². The van der Waals surface area contributed by atoms with Gasteiger partial charge in [0.2, 0.25) is 11.9 Å². The molecular weight excluding hydrogens is 510 g/mol. The minimum absolute atomic E-state index is 0.00288. The summed E-state index contributed by atoms with van der Waals surface area (Å²) in [5.41, 5.74) is -0.0107. The van der Waals surface area contributed by atoms with E-state index in [1.807, 2.05) is 11.9 Å². The highest BCUT2D eigenvalue weighted by Gasteiger charge is 2.31. The number of halogens is 4. The van der Waals surface area contributed by atoms with Gasteiger partial charge < -0.3 is 20.3 Å². The van der Waals surface area contributed by atoms with Crippen LogP contribution in [0, 0.1) is 5.95 Å². The second-order valence-corrected chi connectivity index (χ2v) is 8.47. The number of carbonyl (C=O) groups excluding carboxylic acids is 2. The fraction of sp³-hybridized carbons (Fsp3) is 0.292. The van der Waals surface area contributed by atoms with Crippen LogP contribution in [-0.2, 0) is 4.79 Å². The molecule has 2 N–H and O–H groups in total. The second kappa shape index (κ2) is 11.5. The lowest BCUT2D eigenvalue weighted by Gasteiger charge is -2.31. The third-order valence-electron chi connectivity index (χ3n) is 5.63. The molecule has 0 saturated carbocycles. The molecule has 10 nitrogen and oxygen atoms in total. The number of benzene rings is 1. The minimum Gasteiger partial charge on any atom is -0.406 e. The topological polar surface area (TPSA) is 113 Å².